The van der Waals surface area contributed by atoms with Crippen molar-refractivity contribution in [2.75, 3.05) is 25.0 Å². The molecule has 116 valence electrons. The van der Waals surface area contributed by atoms with E-state index in [2.05, 4.69) is 22.9 Å². The summed E-state index contributed by atoms with van der Waals surface area (Å²) in [5.74, 6) is 0. The van der Waals surface area contributed by atoms with Crippen molar-refractivity contribution in [3.63, 3.8) is 0 Å². The Labute approximate surface area is 131 Å². The van der Waals surface area contributed by atoms with Crippen molar-refractivity contribution in [3.8, 4) is 0 Å². The second-order valence-electron chi connectivity index (χ2n) is 6.43. The number of urea groups is 1. The fraction of sp³-hybridized carbons (Fsp3) is 0.389. The predicted molar refractivity (Wildman–Crippen MR) is 91.2 cm³/mol. The van der Waals surface area contributed by atoms with Gasteiger partial charge in [-0.25, -0.2) is 4.79 Å². The van der Waals surface area contributed by atoms with Gasteiger partial charge in [0.25, 0.3) is 0 Å². The summed E-state index contributed by atoms with van der Waals surface area (Å²) in [5.41, 5.74) is 0.997. The maximum Gasteiger partial charge on any atom is 0.319 e. The number of benzene rings is 2. The lowest BCUT2D eigenvalue weighted by Gasteiger charge is -2.34. The largest absolute Gasteiger partial charge is 0.337 e. The summed E-state index contributed by atoms with van der Waals surface area (Å²) in [6.45, 7) is 4.95. The third-order valence-corrected chi connectivity index (χ3v) is 4.40. The fourth-order valence-corrected chi connectivity index (χ4v) is 3.06. The Balaban J connectivity index is 1.63. The van der Waals surface area contributed by atoms with Crippen LogP contribution in [0.1, 0.15) is 19.8 Å². The number of anilines is 1. The molecule has 1 fully saturated rings. The van der Waals surface area contributed by atoms with Gasteiger partial charge in [-0.05, 0) is 36.3 Å². The summed E-state index contributed by atoms with van der Waals surface area (Å²) in [5, 5.41) is 11.6. The van der Waals surface area contributed by atoms with Gasteiger partial charge in [0.05, 0.1) is 5.69 Å². The van der Waals surface area contributed by atoms with E-state index < -0.39 is 0 Å². The first kappa shape index (κ1) is 14.9. The number of carbonyl (C=O) groups is 1. The van der Waals surface area contributed by atoms with E-state index in [1.807, 2.05) is 42.5 Å². The van der Waals surface area contributed by atoms with Gasteiger partial charge in [-0.2, -0.15) is 0 Å². The van der Waals surface area contributed by atoms with Crippen molar-refractivity contribution in [1.29, 1.82) is 0 Å². The van der Waals surface area contributed by atoms with Gasteiger partial charge in [-0.1, -0.05) is 43.3 Å². The summed E-state index contributed by atoms with van der Waals surface area (Å²) >= 11 is 0. The van der Waals surface area contributed by atoms with Crippen molar-refractivity contribution < 1.29 is 4.79 Å². The van der Waals surface area contributed by atoms with Crippen molar-refractivity contribution in [2.45, 2.75) is 19.8 Å². The molecule has 2 aromatic rings. The van der Waals surface area contributed by atoms with E-state index in [1.54, 1.807) is 0 Å². The van der Waals surface area contributed by atoms with Gasteiger partial charge in [-0.3, -0.25) is 0 Å². The summed E-state index contributed by atoms with van der Waals surface area (Å²) in [6, 6.07) is 13.9. The van der Waals surface area contributed by atoms with Crippen LogP contribution in [0.2, 0.25) is 0 Å². The summed E-state index contributed by atoms with van der Waals surface area (Å²) < 4.78 is 0. The van der Waals surface area contributed by atoms with Crippen molar-refractivity contribution in [1.82, 2.24) is 10.6 Å². The quantitative estimate of drug-likeness (QED) is 0.814. The molecule has 1 aliphatic heterocycles. The molecule has 22 heavy (non-hydrogen) atoms. The van der Waals surface area contributed by atoms with Gasteiger partial charge >= 0.3 is 6.03 Å². The van der Waals surface area contributed by atoms with E-state index in [1.165, 1.54) is 6.42 Å². The highest BCUT2D eigenvalue weighted by atomic mass is 16.2. The molecular weight excluding hydrogens is 274 g/mol. The highest BCUT2D eigenvalue weighted by Gasteiger charge is 2.27. The van der Waals surface area contributed by atoms with Gasteiger partial charge in [0, 0.05) is 18.5 Å². The number of nitrogens with one attached hydrogen (secondary N) is 3. The smallest absolute Gasteiger partial charge is 0.319 e. The molecule has 4 nitrogen and oxygen atoms in total. The second-order valence-corrected chi connectivity index (χ2v) is 6.43. The lowest BCUT2D eigenvalue weighted by molar-refractivity contribution is 0.217. The molecule has 0 saturated carbocycles. The monoisotopic (exact) mass is 297 g/mol. The molecule has 2 aromatic carbocycles. The minimum atomic E-state index is -0.136. The molecule has 0 spiro atoms. The fourth-order valence-electron chi connectivity index (χ4n) is 3.06. The van der Waals surface area contributed by atoms with Crippen LogP contribution in [-0.2, 0) is 0 Å². The van der Waals surface area contributed by atoms with E-state index in [9.17, 15) is 4.79 Å². The normalized spacial score (nSPS) is 21.5. The van der Waals surface area contributed by atoms with Crippen LogP contribution in [0, 0.1) is 5.41 Å². The molecule has 0 radical (unpaired) electrons. The minimum Gasteiger partial charge on any atom is -0.337 e. The van der Waals surface area contributed by atoms with Crippen molar-refractivity contribution >= 4 is 22.5 Å². The summed E-state index contributed by atoms with van der Waals surface area (Å²) in [6.07, 6.45) is 2.32. The molecule has 0 aromatic heterocycles. The van der Waals surface area contributed by atoms with Crippen molar-refractivity contribution in [3.05, 3.63) is 42.5 Å². The van der Waals surface area contributed by atoms with Crippen LogP contribution < -0.4 is 16.0 Å². The lowest BCUT2D eigenvalue weighted by atomic mass is 9.83. The number of hydrogen-bond acceptors (Lipinski definition) is 2. The summed E-state index contributed by atoms with van der Waals surface area (Å²) in [7, 11) is 0. The van der Waals surface area contributed by atoms with Crippen LogP contribution in [0.3, 0.4) is 0 Å². The third-order valence-electron chi connectivity index (χ3n) is 4.40. The van der Waals surface area contributed by atoms with Crippen LogP contribution in [0.4, 0.5) is 10.5 Å². The molecule has 0 aliphatic carbocycles. The highest BCUT2D eigenvalue weighted by Crippen LogP contribution is 2.25. The van der Waals surface area contributed by atoms with Crippen LogP contribution in [0.15, 0.2) is 42.5 Å². The zero-order valence-electron chi connectivity index (χ0n) is 13.0. The molecule has 1 aliphatic rings. The van der Waals surface area contributed by atoms with Crippen molar-refractivity contribution in [2.24, 2.45) is 5.41 Å². The van der Waals surface area contributed by atoms with Crippen LogP contribution in [-0.4, -0.2) is 25.7 Å². The molecule has 1 unspecified atom stereocenters. The highest BCUT2D eigenvalue weighted by molar-refractivity contribution is 6.01. The van der Waals surface area contributed by atoms with Crippen LogP contribution in [0.5, 0.6) is 0 Å². The Morgan fingerprint density at radius 2 is 2.05 bits per heavy atom. The van der Waals surface area contributed by atoms with E-state index in [0.717, 1.165) is 36.0 Å². The Morgan fingerprint density at radius 1 is 1.23 bits per heavy atom. The molecule has 3 rings (SSSR count). The maximum atomic E-state index is 12.2. The Kier molecular flexibility index (Phi) is 4.29. The van der Waals surface area contributed by atoms with Gasteiger partial charge in [0.15, 0.2) is 0 Å². The summed E-state index contributed by atoms with van der Waals surface area (Å²) in [4.78, 5) is 12.2. The number of rotatable bonds is 3. The second kappa shape index (κ2) is 6.36. The van der Waals surface area contributed by atoms with Gasteiger partial charge in [-0.15, -0.1) is 0 Å². The van der Waals surface area contributed by atoms with Gasteiger partial charge in [0.2, 0.25) is 0 Å². The zero-order valence-corrected chi connectivity index (χ0v) is 13.0. The standard InChI is InChI=1S/C18H23N3O/c1-18(10-5-11-19-12-18)13-20-17(22)21-16-9-4-7-14-6-2-3-8-15(14)16/h2-4,6-9,19H,5,10-13H2,1H3,(H2,20,21,22). The first-order valence-corrected chi connectivity index (χ1v) is 7.90. The number of piperidine rings is 1. The molecule has 1 saturated heterocycles. The number of fused-ring (bicyclic) bond motifs is 1. The average molecular weight is 297 g/mol. The van der Waals surface area contributed by atoms with Crippen LogP contribution >= 0.6 is 0 Å². The van der Waals surface area contributed by atoms with E-state index in [-0.39, 0.29) is 11.4 Å². The molecule has 3 N–H and O–H groups in total. The van der Waals surface area contributed by atoms with Gasteiger partial charge < -0.3 is 16.0 Å². The Hall–Kier alpha value is -2.07. The third kappa shape index (κ3) is 3.39. The van der Waals surface area contributed by atoms with E-state index in [4.69, 9.17) is 0 Å². The first-order chi connectivity index (χ1) is 10.7. The SMILES string of the molecule is CC1(CNC(=O)Nc2cccc3ccccc23)CCCNC1. The Morgan fingerprint density at radius 3 is 2.86 bits per heavy atom. The maximum absolute atomic E-state index is 12.2. The lowest BCUT2D eigenvalue weighted by Crippen LogP contribution is -2.46. The number of amides is 2. The molecule has 2 amide bonds. The molecule has 0 bridgehead atoms. The van der Waals surface area contributed by atoms with E-state index in [0.29, 0.717) is 6.54 Å². The number of carbonyl (C=O) groups excluding carboxylic acids is 1. The first-order valence-electron chi connectivity index (χ1n) is 7.90. The predicted octanol–water partition coefficient (Wildman–Crippen LogP) is 3.35. The van der Waals surface area contributed by atoms with Gasteiger partial charge in [0.1, 0.15) is 0 Å². The minimum absolute atomic E-state index is 0.136. The molecule has 4 heteroatoms. The Bertz CT molecular complexity index is 657. The topological polar surface area (TPSA) is 53.2 Å². The van der Waals surface area contributed by atoms with E-state index >= 15 is 0 Å². The molecule has 1 atom stereocenters. The van der Waals surface area contributed by atoms with Crippen LogP contribution in [0.25, 0.3) is 10.8 Å². The number of hydrogen-bond donors (Lipinski definition) is 3. The average Bonchev–Trinajstić information content (AvgIpc) is 2.54. The molecule has 1 heterocycles. The molecular formula is C18H23N3O. The zero-order chi connectivity index (χ0) is 15.4.